The number of hydrogen-bond donors (Lipinski definition) is 3. The highest BCUT2D eigenvalue weighted by Crippen LogP contribution is 2.38. The van der Waals surface area contributed by atoms with Gasteiger partial charge in [-0.1, -0.05) is 49.4 Å². The fourth-order valence-corrected chi connectivity index (χ4v) is 3.91. The molecule has 0 aliphatic rings. The lowest BCUT2D eigenvalue weighted by molar-refractivity contribution is 0.288. The van der Waals surface area contributed by atoms with E-state index in [1.807, 2.05) is 68.4 Å². The standard InChI is InChI=1S/C28H31N3O3/c1-4-29-18-19-12-14-21(15-13-19)30-27(20-10-8-7-9-11-20)26-22-16-24(33-5-2)25(34-6-3)17-23(22)31-28(26)32/h7-17,29,31-32H,4-6,18H2,1-3H3. The zero-order chi connectivity index (χ0) is 23.9. The van der Waals surface area contributed by atoms with Gasteiger partial charge in [0.15, 0.2) is 17.4 Å². The molecular formula is C28H31N3O3. The van der Waals surface area contributed by atoms with Crippen molar-refractivity contribution in [1.29, 1.82) is 0 Å². The van der Waals surface area contributed by atoms with Gasteiger partial charge in [0.2, 0.25) is 0 Å². The number of benzene rings is 3. The minimum atomic E-state index is 0.0532. The Labute approximate surface area is 200 Å². The van der Waals surface area contributed by atoms with E-state index >= 15 is 0 Å². The van der Waals surface area contributed by atoms with E-state index in [1.54, 1.807) is 0 Å². The number of ether oxygens (including phenoxy) is 2. The van der Waals surface area contributed by atoms with Gasteiger partial charge in [0, 0.05) is 23.6 Å². The van der Waals surface area contributed by atoms with E-state index < -0.39 is 0 Å². The van der Waals surface area contributed by atoms with E-state index in [0.29, 0.717) is 36.0 Å². The monoisotopic (exact) mass is 457 g/mol. The number of hydrogen-bond acceptors (Lipinski definition) is 5. The van der Waals surface area contributed by atoms with Crippen LogP contribution >= 0.6 is 0 Å². The summed E-state index contributed by atoms with van der Waals surface area (Å²) in [7, 11) is 0. The molecule has 34 heavy (non-hydrogen) atoms. The summed E-state index contributed by atoms with van der Waals surface area (Å²) in [6, 6.07) is 21.8. The fraction of sp³-hybridized carbons (Fsp3) is 0.250. The first-order valence-corrected chi connectivity index (χ1v) is 11.7. The zero-order valence-electron chi connectivity index (χ0n) is 19.9. The lowest BCUT2D eigenvalue weighted by Crippen LogP contribution is -2.11. The summed E-state index contributed by atoms with van der Waals surface area (Å²) < 4.78 is 11.6. The highest BCUT2D eigenvalue weighted by atomic mass is 16.5. The molecule has 3 aromatic carbocycles. The van der Waals surface area contributed by atoms with Crippen molar-refractivity contribution in [3.63, 3.8) is 0 Å². The Bertz CT molecular complexity index is 1260. The first kappa shape index (κ1) is 23.4. The molecule has 4 aromatic rings. The second-order valence-electron chi connectivity index (χ2n) is 7.83. The quantitative estimate of drug-likeness (QED) is 0.257. The van der Waals surface area contributed by atoms with Crippen LogP contribution in [-0.4, -0.2) is 35.6 Å². The van der Waals surface area contributed by atoms with Crippen molar-refractivity contribution in [2.24, 2.45) is 4.99 Å². The van der Waals surface area contributed by atoms with Crippen molar-refractivity contribution in [3.8, 4) is 17.4 Å². The molecule has 0 unspecified atom stereocenters. The van der Waals surface area contributed by atoms with E-state index in [4.69, 9.17) is 14.5 Å². The highest BCUT2D eigenvalue weighted by Gasteiger charge is 2.21. The van der Waals surface area contributed by atoms with Gasteiger partial charge in [-0.3, -0.25) is 0 Å². The maximum atomic E-state index is 11.0. The van der Waals surface area contributed by atoms with Crippen molar-refractivity contribution >= 4 is 22.3 Å². The van der Waals surface area contributed by atoms with Gasteiger partial charge in [-0.2, -0.15) is 0 Å². The Morgan fingerprint density at radius 1 is 0.912 bits per heavy atom. The third-order valence-electron chi connectivity index (χ3n) is 5.48. The van der Waals surface area contributed by atoms with Gasteiger partial charge >= 0.3 is 0 Å². The number of H-pyrrole nitrogens is 1. The van der Waals surface area contributed by atoms with Crippen LogP contribution in [0.15, 0.2) is 71.7 Å². The number of fused-ring (bicyclic) bond motifs is 1. The van der Waals surface area contributed by atoms with Gasteiger partial charge in [-0.15, -0.1) is 0 Å². The van der Waals surface area contributed by atoms with Gasteiger partial charge in [0.25, 0.3) is 0 Å². The Balaban J connectivity index is 1.87. The van der Waals surface area contributed by atoms with E-state index in [1.165, 1.54) is 5.56 Å². The van der Waals surface area contributed by atoms with Crippen molar-refractivity contribution in [2.45, 2.75) is 27.3 Å². The molecule has 0 aliphatic heterocycles. The van der Waals surface area contributed by atoms with Crippen LogP contribution in [0, 0.1) is 0 Å². The summed E-state index contributed by atoms with van der Waals surface area (Å²) in [5, 5.41) is 15.2. The average Bonchev–Trinajstić information content (AvgIpc) is 3.17. The predicted octanol–water partition coefficient (Wildman–Crippen LogP) is 5.95. The number of aliphatic imine (C=N–C) groups is 1. The second kappa shape index (κ2) is 10.9. The summed E-state index contributed by atoms with van der Waals surface area (Å²) in [4.78, 5) is 8.08. The minimum Gasteiger partial charge on any atom is -0.494 e. The minimum absolute atomic E-state index is 0.0532. The molecule has 6 nitrogen and oxygen atoms in total. The number of aromatic amines is 1. The number of aromatic nitrogens is 1. The summed E-state index contributed by atoms with van der Waals surface area (Å²) in [6.07, 6.45) is 0. The molecule has 0 radical (unpaired) electrons. The fourth-order valence-electron chi connectivity index (χ4n) is 3.91. The molecule has 0 spiro atoms. The third kappa shape index (κ3) is 5.07. The molecular weight excluding hydrogens is 426 g/mol. The average molecular weight is 458 g/mol. The molecule has 0 bridgehead atoms. The molecule has 6 heteroatoms. The lowest BCUT2D eigenvalue weighted by Gasteiger charge is -2.12. The topological polar surface area (TPSA) is 78.9 Å². The maximum Gasteiger partial charge on any atom is 0.199 e. The Morgan fingerprint density at radius 3 is 2.24 bits per heavy atom. The van der Waals surface area contributed by atoms with E-state index in [9.17, 15) is 5.11 Å². The molecule has 4 rings (SSSR count). The zero-order valence-corrected chi connectivity index (χ0v) is 19.9. The van der Waals surface area contributed by atoms with Crippen LogP contribution in [0.5, 0.6) is 17.4 Å². The maximum absolute atomic E-state index is 11.0. The van der Waals surface area contributed by atoms with Crippen LogP contribution in [0.3, 0.4) is 0 Å². The van der Waals surface area contributed by atoms with Gasteiger partial charge in [0.05, 0.1) is 35.7 Å². The number of aromatic hydroxyl groups is 1. The van der Waals surface area contributed by atoms with Crippen LogP contribution in [0.2, 0.25) is 0 Å². The molecule has 1 aromatic heterocycles. The largest absolute Gasteiger partial charge is 0.494 e. The van der Waals surface area contributed by atoms with Crippen LogP contribution in [-0.2, 0) is 6.54 Å². The molecule has 0 saturated carbocycles. The normalized spacial score (nSPS) is 11.7. The summed E-state index contributed by atoms with van der Waals surface area (Å²) in [5.41, 5.74) is 4.97. The van der Waals surface area contributed by atoms with Crippen LogP contribution < -0.4 is 14.8 Å². The third-order valence-corrected chi connectivity index (χ3v) is 5.48. The molecule has 1 heterocycles. The molecule has 176 valence electrons. The number of rotatable bonds is 10. The lowest BCUT2D eigenvalue weighted by atomic mass is 10.0. The van der Waals surface area contributed by atoms with E-state index in [-0.39, 0.29) is 5.88 Å². The van der Waals surface area contributed by atoms with E-state index in [2.05, 4.69) is 29.4 Å². The van der Waals surface area contributed by atoms with Gasteiger partial charge in [0.1, 0.15) is 0 Å². The number of nitrogens with one attached hydrogen (secondary N) is 2. The summed E-state index contributed by atoms with van der Waals surface area (Å²) in [5.74, 6) is 1.33. The SMILES string of the molecule is CCNCc1ccc(N=C(c2ccccc2)c2c(O)[nH]c3cc(OCC)c(OCC)cc23)cc1. The number of nitrogens with zero attached hydrogens (tertiary/aromatic N) is 1. The molecule has 3 N–H and O–H groups in total. The van der Waals surface area contributed by atoms with Crippen LogP contribution in [0.25, 0.3) is 10.9 Å². The molecule has 0 aliphatic carbocycles. The van der Waals surface area contributed by atoms with Crippen LogP contribution in [0.1, 0.15) is 37.5 Å². The first-order valence-electron chi connectivity index (χ1n) is 11.7. The first-order chi connectivity index (χ1) is 16.6. The molecule has 0 amide bonds. The van der Waals surface area contributed by atoms with Crippen LogP contribution in [0.4, 0.5) is 5.69 Å². The molecule has 0 atom stereocenters. The van der Waals surface area contributed by atoms with Crippen molar-refractivity contribution < 1.29 is 14.6 Å². The smallest absolute Gasteiger partial charge is 0.199 e. The van der Waals surface area contributed by atoms with Gasteiger partial charge in [-0.05, 0) is 44.2 Å². The van der Waals surface area contributed by atoms with E-state index in [0.717, 1.165) is 35.2 Å². The summed E-state index contributed by atoms with van der Waals surface area (Å²) in [6.45, 7) is 8.73. The highest BCUT2D eigenvalue weighted by molar-refractivity contribution is 6.22. The second-order valence-corrected chi connectivity index (χ2v) is 7.83. The Morgan fingerprint density at radius 2 is 1.59 bits per heavy atom. The predicted molar refractivity (Wildman–Crippen MR) is 138 cm³/mol. The summed E-state index contributed by atoms with van der Waals surface area (Å²) >= 11 is 0. The Hall–Kier alpha value is -3.77. The van der Waals surface area contributed by atoms with Crippen molar-refractivity contribution in [2.75, 3.05) is 19.8 Å². The van der Waals surface area contributed by atoms with Gasteiger partial charge in [-0.25, -0.2) is 4.99 Å². The Kier molecular flexibility index (Phi) is 7.50. The van der Waals surface area contributed by atoms with Crippen molar-refractivity contribution in [3.05, 3.63) is 83.4 Å². The van der Waals surface area contributed by atoms with Gasteiger partial charge < -0.3 is 24.9 Å². The molecule has 0 saturated heterocycles. The van der Waals surface area contributed by atoms with Crippen molar-refractivity contribution in [1.82, 2.24) is 10.3 Å². The molecule has 0 fully saturated rings.